The van der Waals surface area contributed by atoms with Crippen molar-refractivity contribution in [3.63, 3.8) is 0 Å². The Morgan fingerprint density at radius 1 is 1.23 bits per heavy atom. The molecular weight excluding hydrogens is 289 g/mol. The minimum atomic E-state index is -0.651. The summed E-state index contributed by atoms with van der Waals surface area (Å²) in [6.45, 7) is 2.49. The van der Waals surface area contributed by atoms with Gasteiger partial charge in [-0.05, 0) is 31.2 Å². The number of hydrogen-bond donors (Lipinski definition) is 1. The molecule has 6 nitrogen and oxygen atoms in total. The highest BCUT2D eigenvalue weighted by molar-refractivity contribution is 5.99. The molecule has 3 rings (SSSR count). The fourth-order valence-corrected chi connectivity index (χ4v) is 2.85. The number of halogens is 1. The lowest BCUT2D eigenvalue weighted by Crippen LogP contribution is -2.69. The first-order valence-electron chi connectivity index (χ1n) is 7.13. The van der Waals surface area contributed by atoms with Gasteiger partial charge in [0.05, 0.1) is 6.54 Å². The second-order valence-corrected chi connectivity index (χ2v) is 5.54. The molecule has 1 N–H and O–H groups in total. The van der Waals surface area contributed by atoms with Crippen molar-refractivity contribution >= 4 is 17.7 Å². The molecule has 1 aromatic carbocycles. The van der Waals surface area contributed by atoms with Crippen LogP contribution in [0.2, 0.25) is 0 Å². The Morgan fingerprint density at radius 3 is 2.59 bits per heavy atom. The number of piperazine rings is 2. The average molecular weight is 305 g/mol. The van der Waals surface area contributed by atoms with Crippen LogP contribution >= 0.6 is 0 Å². The van der Waals surface area contributed by atoms with Gasteiger partial charge in [0, 0.05) is 18.7 Å². The van der Waals surface area contributed by atoms with Crippen molar-refractivity contribution in [2.75, 3.05) is 19.6 Å². The van der Waals surface area contributed by atoms with E-state index >= 15 is 0 Å². The Kier molecular flexibility index (Phi) is 3.56. The van der Waals surface area contributed by atoms with E-state index in [-0.39, 0.29) is 24.3 Å². The topological polar surface area (TPSA) is 69.7 Å². The first kappa shape index (κ1) is 14.5. The Balaban J connectivity index is 1.76. The summed E-state index contributed by atoms with van der Waals surface area (Å²) in [7, 11) is 0. The number of carbonyl (C=O) groups excluding carboxylic acids is 3. The number of nitrogens with zero attached hydrogens (tertiary/aromatic N) is 2. The van der Waals surface area contributed by atoms with Gasteiger partial charge in [0.15, 0.2) is 0 Å². The quantitative estimate of drug-likeness (QED) is 0.794. The SMILES string of the molecule is C[C@@H]1NC(=O)[C@H]2CN(C(=O)c3ccc(F)cc3)CCN2C1=O. The summed E-state index contributed by atoms with van der Waals surface area (Å²) in [5, 5.41) is 2.62. The van der Waals surface area contributed by atoms with Crippen LogP contribution in [-0.2, 0) is 9.59 Å². The fraction of sp³-hybridized carbons (Fsp3) is 0.400. The molecule has 0 aromatic heterocycles. The van der Waals surface area contributed by atoms with E-state index in [0.29, 0.717) is 18.7 Å². The van der Waals surface area contributed by atoms with E-state index in [1.54, 1.807) is 6.92 Å². The summed E-state index contributed by atoms with van der Waals surface area (Å²) in [4.78, 5) is 39.6. The smallest absolute Gasteiger partial charge is 0.254 e. The molecule has 0 unspecified atom stereocenters. The molecule has 2 saturated heterocycles. The lowest BCUT2D eigenvalue weighted by Gasteiger charge is -2.44. The largest absolute Gasteiger partial charge is 0.343 e. The predicted octanol–water partition coefficient (Wildman–Crippen LogP) is -0.00300. The second kappa shape index (κ2) is 5.40. The van der Waals surface area contributed by atoms with Crippen molar-refractivity contribution in [3.8, 4) is 0 Å². The van der Waals surface area contributed by atoms with E-state index in [2.05, 4.69) is 5.32 Å². The molecule has 2 heterocycles. The zero-order valence-electron chi connectivity index (χ0n) is 12.1. The van der Waals surface area contributed by atoms with Crippen LogP contribution in [0.1, 0.15) is 17.3 Å². The summed E-state index contributed by atoms with van der Waals surface area (Å²) < 4.78 is 12.9. The molecule has 7 heteroatoms. The third kappa shape index (κ3) is 2.43. The van der Waals surface area contributed by atoms with Crippen LogP contribution in [-0.4, -0.2) is 59.2 Å². The highest BCUT2D eigenvalue weighted by Gasteiger charge is 2.42. The Bertz CT molecular complexity index is 631. The van der Waals surface area contributed by atoms with Gasteiger partial charge in [0.1, 0.15) is 17.9 Å². The second-order valence-electron chi connectivity index (χ2n) is 5.54. The Hall–Kier alpha value is -2.44. The lowest BCUT2D eigenvalue weighted by atomic mass is 10.0. The molecule has 2 fully saturated rings. The number of rotatable bonds is 1. The summed E-state index contributed by atoms with van der Waals surface area (Å²) in [5.41, 5.74) is 0.366. The minimum Gasteiger partial charge on any atom is -0.343 e. The van der Waals surface area contributed by atoms with Crippen LogP contribution in [0.5, 0.6) is 0 Å². The minimum absolute atomic E-state index is 0.126. The maximum absolute atomic E-state index is 12.9. The molecule has 0 radical (unpaired) electrons. The molecule has 0 saturated carbocycles. The van der Waals surface area contributed by atoms with Crippen LogP contribution in [0.15, 0.2) is 24.3 Å². The fourth-order valence-electron chi connectivity index (χ4n) is 2.85. The van der Waals surface area contributed by atoms with Crippen LogP contribution in [0, 0.1) is 5.82 Å². The first-order valence-corrected chi connectivity index (χ1v) is 7.13. The third-order valence-corrected chi connectivity index (χ3v) is 4.07. The molecule has 0 spiro atoms. The monoisotopic (exact) mass is 305 g/mol. The molecule has 2 aliphatic heterocycles. The van der Waals surface area contributed by atoms with Gasteiger partial charge in [-0.3, -0.25) is 14.4 Å². The Labute approximate surface area is 126 Å². The van der Waals surface area contributed by atoms with Crippen molar-refractivity contribution in [1.29, 1.82) is 0 Å². The Morgan fingerprint density at radius 2 is 1.91 bits per heavy atom. The van der Waals surface area contributed by atoms with Crippen molar-refractivity contribution in [2.24, 2.45) is 0 Å². The summed E-state index contributed by atoms with van der Waals surface area (Å²) in [6.07, 6.45) is 0. The number of amides is 3. The van der Waals surface area contributed by atoms with Gasteiger partial charge in [-0.1, -0.05) is 0 Å². The number of benzene rings is 1. The van der Waals surface area contributed by atoms with E-state index < -0.39 is 17.9 Å². The number of carbonyl (C=O) groups is 3. The molecule has 2 aliphatic rings. The lowest BCUT2D eigenvalue weighted by molar-refractivity contribution is -0.151. The van der Waals surface area contributed by atoms with Crippen molar-refractivity contribution in [3.05, 3.63) is 35.6 Å². The van der Waals surface area contributed by atoms with Gasteiger partial charge in [0.25, 0.3) is 5.91 Å². The van der Waals surface area contributed by atoms with Gasteiger partial charge in [0.2, 0.25) is 11.8 Å². The van der Waals surface area contributed by atoms with Crippen LogP contribution in [0.3, 0.4) is 0 Å². The van der Waals surface area contributed by atoms with Gasteiger partial charge in [-0.25, -0.2) is 4.39 Å². The third-order valence-electron chi connectivity index (χ3n) is 4.07. The molecule has 1 aromatic rings. The van der Waals surface area contributed by atoms with Gasteiger partial charge in [-0.15, -0.1) is 0 Å². The van der Waals surface area contributed by atoms with Gasteiger partial charge >= 0.3 is 0 Å². The summed E-state index contributed by atoms with van der Waals surface area (Å²) >= 11 is 0. The summed E-state index contributed by atoms with van der Waals surface area (Å²) in [6, 6.07) is 4.10. The number of nitrogens with one attached hydrogen (secondary N) is 1. The highest BCUT2D eigenvalue weighted by atomic mass is 19.1. The average Bonchev–Trinajstić information content (AvgIpc) is 2.52. The normalized spacial score (nSPS) is 24.8. The number of hydrogen-bond acceptors (Lipinski definition) is 3. The molecular formula is C15H16FN3O3. The van der Waals surface area contributed by atoms with Crippen molar-refractivity contribution in [2.45, 2.75) is 19.0 Å². The van der Waals surface area contributed by atoms with Crippen molar-refractivity contribution in [1.82, 2.24) is 15.1 Å². The zero-order chi connectivity index (χ0) is 15.9. The highest BCUT2D eigenvalue weighted by Crippen LogP contribution is 2.18. The van der Waals surface area contributed by atoms with Gasteiger partial charge < -0.3 is 15.1 Å². The molecule has 0 bridgehead atoms. The van der Waals surface area contributed by atoms with E-state index in [9.17, 15) is 18.8 Å². The predicted molar refractivity (Wildman–Crippen MR) is 75.4 cm³/mol. The maximum atomic E-state index is 12.9. The standard InChI is InChI=1S/C15H16FN3O3/c1-9-14(21)19-7-6-18(8-12(19)13(20)17-9)15(22)10-2-4-11(16)5-3-10/h2-5,9,12H,6-8H2,1H3,(H,17,20)/t9-,12+/m0/s1. The maximum Gasteiger partial charge on any atom is 0.254 e. The van der Waals surface area contributed by atoms with Gasteiger partial charge in [-0.2, -0.15) is 0 Å². The van der Waals surface area contributed by atoms with Crippen LogP contribution in [0.4, 0.5) is 4.39 Å². The van der Waals surface area contributed by atoms with Crippen LogP contribution in [0.25, 0.3) is 0 Å². The van der Waals surface area contributed by atoms with E-state index in [4.69, 9.17) is 0 Å². The number of fused-ring (bicyclic) bond motifs is 1. The molecule has 2 atom stereocenters. The summed E-state index contributed by atoms with van der Waals surface area (Å²) in [5.74, 6) is -1.05. The molecule has 3 amide bonds. The van der Waals surface area contributed by atoms with Crippen LogP contribution < -0.4 is 5.32 Å². The first-order chi connectivity index (χ1) is 10.5. The van der Waals surface area contributed by atoms with E-state index in [0.717, 1.165) is 0 Å². The van der Waals surface area contributed by atoms with E-state index in [1.165, 1.54) is 34.1 Å². The molecule has 22 heavy (non-hydrogen) atoms. The molecule has 116 valence electrons. The van der Waals surface area contributed by atoms with E-state index in [1.807, 2.05) is 0 Å². The van der Waals surface area contributed by atoms with Crippen molar-refractivity contribution < 1.29 is 18.8 Å². The zero-order valence-corrected chi connectivity index (χ0v) is 12.1. The molecule has 0 aliphatic carbocycles.